The number of nitrogens with zero attached hydrogens (tertiary/aromatic N) is 2. The Labute approximate surface area is 212 Å². The number of carbonyl (C=O) groups is 1. The van der Waals surface area contributed by atoms with E-state index in [9.17, 15) is 10.2 Å². The van der Waals surface area contributed by atoms with Gasteiger partial charge in [-0.2, -0.15) is 0 Å². The van der Waals surface area contributed by atoms with Gasteiger partial charge in [0.1, 0.15) is 0 Å². The van der Waals surface area contributed by atoms with Crippen LogP contribution in [0.2, 0.25) is 5.02 Å². The van der Waals surface area contributed by atoms with Crippen molar-refractivity contribution < 1.29 is 23.7 Å². The molecular formula is C27H25ClLiN3O. The molecule has 0 saturated carbocycles. The van der Waals surface area contributed by atoms with E-state index >= 15 is 0 Å². The number of carbonyl (C=O) groups excluding carboxylic acids is 1. The van der Waals surface area contributed by atoms with Crippen LogP contribution < -0.4 is 24.2 Å². The average molecular weight is 450 g/mol. The Balaban J connectivity index is 0.00000385. The Kier molecular flexibility index (Phi) is 10.4. The number of benzene rings is 3. The van der Waals surface area contributed by atoms with Gasteiger partial charge in [0.25, 0.3) is 0 Å². The molecule has 162 valence electrons. The predicted octanol–water partition coefficient (Wildman–Crippen LogP) is 3.30. The van der Waals surface area contributed by atoms with E-state index < -0.39 is 0 Å². The first-order chi connectivity index (χ1) is 15.4. The minimum absolute atomic E-state index is 0. The van der Waals surface area contributed by atoms with Crippen LogP contribution in [-0.2, 0) is 0 Å². The number of hydrogen-bond acceptors (Lipinski definition) is 2. The van der Waals surface area contributed by atoms with Crippen molar-refractivity contribution in [3.05, 3.63) is 124 Å². The summed E-state index contributed by atoms with van der Waals surface area (Å²) in [6.45, 7) is 4.00. The van der Waals surface area contributed by atoms with Gasteiger partial charge in [0.05, 0.1) is 5.02 Å². The van der Waals surface area contributed by atoms with Gasteiger partial charge in [-0.3, -0.25) is 4.79 Å². The van der Waals surface area contributed by atoms with Crippen molar-refractivity contribution in [2.45, 2.75) is 26.3 Å². The Morgan fingerprint density at radius 3 is 2.06 bits per heavy atom. The molecule has 0 bridgehead atoms. The summed E-state index contributed by atoms with van der Waals surface area (Å²) in [5.74, 6) is -0.270. The zero-order valence-electron chi connectivity index (χ0n) is 19.1. The molecule has 6 heteroatoms. The fraction of sp³-hybridized carbons (Fsp3) is 0.148. The van der Waals surface area contributed by atoms with E-state index in [2.05, 4.69) is 10.3 Å². The monoisotopic (exact) mass is 449 g/mol. The van der Waals surface area contributed by atoms with Crippen LogP contribution in [0.1, 0.15) is 41.8 Å². The van der Waals surface area contributed by atoms with E-state index in [1.807, 2.05) is 62.4 Å². The second kappa shape index (κ2) is 13.0. The summed E-state index contributed by atoms with van der Waals surface area (Å²) in [5.41, 5.74) is 3.24. The first-order valence-corrected chi connectivity index (χ1v) is 10.8. The van der Waals surface area contributed by atoms with Crippen molar-refractivity contribution in [1.82, 2.24) is 5.32 Å². The first kappa shape index (κ1) is 26.4. The summed E-state index contributed by atoms with van der Waals surface area (Å²) in [6.07, 6.45) is 1.88. The zero-order chi connectivity index (χ0) is 22.9. The summed E-state index contributed by atoms with van der Waals surface area (Å²) in [4.78, 5) is 17.5. The van der Waals surface area contributed by atoms with Gasteiger partial charge in [-0.05, 0) is 37.1 Å². The molecule has 1 N–H and O–H groups in total. The molecule has 3 aromatic rings. The number of allylic oxidation sites excluding steroid dienone is 2. The van der Waals surface area contributed by atoms with Crippen LogP contribution in [0.25, 0.3) is 5.41 Å². The molecule has 3 rings (SSSR count). The van der Waals surface area contributed by atoms with Crippen LogP contribution in [0.5, 0.6) is 0 Å². The van der Waals surface area contributed by atoms with Crippen molar-refractivity contribution in [2.75, 3.05) is 0 Å². The summed E-state index contributed by atoms with van der Waals surface area (Å²) in [7, 11) is 0. The SMILES string of the molecule is CC(C)N/C(=C\C(=O)c1ccccc1Cl)CC(=NC(=[N-])c1ccccc1)c1ccccc1.[Li+]. The molecule has 0 aliphatic carbocycles. The maximum atomic E-state index is 12.9. The normalized spacial score (nSPS) is 11.6. The third kappa shape index (κ3) is 7.87. The van der Waals surface area contributed by atoms with Crippen molar-refractivity contribution in [3.63, 3.8) is 0 Å². The fourth-order valence-corrected chi connectivity index (χ4v) is 3.44. The van der Waals surface area contributed by atoms with Gasteiger partial charge in [-0.25, -0.2) is 0 Å². The van der Waals surface area contributed by atoms with E-state index in [1.54, 1.807) is 42.5 Å². The molecule has 0 radical (unpaired) electrons. The molecule has 0 heterocycles. The van der Waals surface area contributed by atoms with E-state index in [0.717, 1.165) is 5.56 Å². The minimum Gasteiger partial charge on any atom is -0.464 e. The maximum absolute atomic E-state index is 12.9. The van der Waals surface area contributed by atoms with Gasteiger partial charge in [0.2, 0.25) is 0 Å². The largest absolute Gasteiger partial charge is 1.00 e. The summed E-state index contributed by atoms with van der Waals surface area (Å²) >= 11 is 6.22. The van der Waals surface area contributed by atoms with E-state index in [-0.39, 0.29) is 36.5 Å². The Hall–Kier alpha value is -2.90. The van der Waals surface area contributed by atoms with Crippen LogP contribution in [0.3, 0.4) is 0 Å². The molecule has 0 spiro atoms. The van der Waals surface area contributed by atoms with Gasteiger partial charge in [0, 0.05) is 29.8 Å². The molecule has 0 amide bonds. The Bertz CT molecular complexity index is 1140. The topological polar surface area (TPSA) is 63.8 Å². The summed E-state index contributed by atoms with van der Waals surface area (Å²) in [6, 6.07) is 25.9. The van der Waals surface area contributed by atoms with Crippen molar-refractivity contribution in [2.24, 2.45) is 4.99 Å². The Morgan fingerprint density at radius 2 is 1.48 bits per heavy atom. The molecular weight excluding hydrogens is 425 g/mol. The van der Waals surface area contributed by atoms with Crippen LogP contribution in [0.4, 0.5) is 0 Å². The minimum atomic E-state index is -0.192. The molecule has 33 heavy (non-hydrogen) atoms. The standard InChI is InChI=1S/C27H25ClN3O.Li/c1-19(2)30-22(18-26(32)23-15-9-10-16-24(23)28)17-25(20-11-5-3-6-12-20)31-27(29)21-13-7-4-8-14-21;/h3-16,18-19,30H,17H2,1-2H3;/q-1;+1/b22-18-,31-25?;. The number of ketones is 1. The molecule has 0 aliphatic rings. The first-order valence-electron chi connectivity index (χ1n) is 10.4. The molecule has 0 fully saturated rings. The summed E-state index contributed by atoms with van der Waals surface area (Å²) < 4.78 is 0. The van der Waals surface area contributed by atoms with Gasteiger partial charge in [0.15, 0.2) is 5.78 Å². The number of rotatable bonds is 8. The second-order valence-electron chi connectivity index (χ2n) is 7.60. The summed E-state index contributed by atoms with van der Waals surface area (Å²) in [5, 5.41) is 14.4. The third-order valence-corrected chi connectivity index (χ3v) is 4.99. The molecule has 0 aromatic heterocycles. The van der Waals surface area contributed by atoms with Crippen molar-refractivity contribution in [1.29, 1.82) is 0 Å². The predicted molar refractivity (Wildman–Crippen MR) is 134 cm³/mol. The molecule has 0 atom stereocenters. The smallest absolute Gasteiger partial charge is 0.464 e. The molecule has 4 nitrogen and oxygen atoms in total. The second-order valence-corrected chi connectivity index (χ2v) is 8.01. The number of halogens is 1. The van der Waals surface area contributed by atoms with E-state index in [0.29, 0.717) is 34.0 Å². The molecule has 0 aliphatic heterocycles. The quantitative estimate of drug-likeness (QED) is 0.188. The molecule has 0 unspecified atom stereocenters. The van der Waals surface area contributed by atoms with E-state index in [4.69, 9.17) is 11.6 Å². The van der Waals surface area contributed by atoms with Gasteiger partial charge in [-0.15, -0.1) is 0 Å². The zero-order valence-corrected chi connectivity index (χ0v) is 19.9. The molecule has 3 aromatic carbocycles. The van der Waals surface area contributed by atoms with Gasteiger partial charge < -0.3 is 15.7 Å². The van der Waals surface area contributed by atoms with Crippen molar-refractivity contribution >= 4 is 28.9 Å². The van der Waals surface area contributed by atoms with Crippen LogP contribution in [-0.4, -0.2) is 23.4 Å². The third-order valence-electron chi connectivity index (χ3n) is 4.66. The maximum Gasteiger partial charge on any atom is 1.00 e. The van der Waals surface area contributed by atoms with Gasteiger partial charge >= 0.3 is 18.9 Å². The number of aliphatic imine (C=N–C) groups is 1. The van der Waals surface area contributed by atoms with E-state index in [1.165, 1.54) is 0 Å². The van der Waals surface area contributed by atoms with Crippen LogP contribution >= 0.6 is 11.6 Å². The average Bonchev–Trinajstić information content (AvgIpc) is 2.79. The number of hydrogen-bond donors (Lipinski definition) is 1. The Morgan fingerprint density at radius 1 is 0.939 bits per heavy atom. The van der Waals surface area contributed by atoms with Crippen LogP contribution in [0, 0.1) is 0 Å². The number of amidine groups is 1. The van der Waals surface area contributed by atoms with Gasteiger partial charge in [-0.1, -0.05) is 95.9 Å². The van der Waals surface area contributed by atoms with Crippen LogP contribution in [0.15, 0.2) is 102 Å². The fourth-order valence-electron chi connectivity index (χ4n) is 3.21. The number of nitrogens with one attached hydrogen (secondary N) is 1. The molecule has 0 saturated heterocycles. The van der Waals surface area contributed by atoms with Crippen molar-refractivity contribution in [3.8, 4) is 0 Å².